The Morgan fingerprint density at radius 2 is 1.86 bits per heavy atom. The predicted molar refractivity (Wildman–Crippen MR) is 143 cm³/mol. The summed E-state index contributed by atoms with van der Waals surface area (Å²) >= 11 is 6.18. The molecule has 192 valence electrons. The summed E-state index contributed by atoms with van der Waals surface area (Å²) in [6.45, 7) is 4.66. The molecule has 2 amide bonds. The quantitative estimate of drug-likeness (QED) is 0.498. The summed E-state index contributed by atoms with van der Waals surface area (Å²) in [5.41, 5.74) is 1.29. The lowest BCUT2D eigenvalue weighted by atomic mass is 10.1. The van der Waals surface area contributed by atoms with Gasteiger partial charge in [0, 0.05) is 23.2 Å². The number of halogens is 1. The maximum atomic E-state index is 13.7. The number of likely N-dealkylation sites (N-methyl/N-ethyl adjacent to an activating group) is 1. The molecule has 37 heavy (non-hydrogen) atoms. The Morgan fingerprint density at radius 3 is 2.65 bits per heavy atom. The fourth-order valence-electron chi connectivity index (χ4n) is 5.18. The van der Waals surface area contributed by atoms with E-state index >= 15 is 0 Å². The number of carbonyl (C=O) groups is 2. The fraction of sp³-hybridized carbons (Fsp3) is 0.286. The zero-order valence-corrected chi connectivity index (χ0v) is 22.1. The average molecular weight is 538 g/mol. The summed E-state index contributed by atoms with van der Waals surface area (Å²) in [7, 11) is -4.01. The zero-order valence-electron chi connectivity index (χ0n) is 20.5. The Kier molecular flexibility index (Phi) is 7.07. The van der Waals surface area contributed by atoms with Crippen molar-refractivity contribution in [1.82, 2.24) is 10.2 Å². The molecule has 3 aromatic rings. The number of fused-ring (bicyclic) bond motifs is 2. The zero-order chi connectivity index (χ0) is 26.2. The molecule has 1 fully saturated rings. The average Bonchev–Trinajstić information content (AvgIpc) is 3.35. The van der Waals surface area contributed by atoms with Crippen molar-refractivity contribution in [2.45, 2.75) is 42.1 Å². The number of anilines is 1. The van der Waals surface area contributed by atoms with Crippen LogP contribution in [-0.2, 0) is 16.4 Å². The second kappa shape index (κ2) is 10.3. The SMILES string of the molecule is CCN1CCC[C@@H]1CNC(=O)c1ccc2c(c1)N(Cc1cccc(Cl)c1)C(=O)c1ccccc1S2(=O)=O. The van der Waals surface area contributed by atoms with Gasteiger partial charge in [-0.3, -0.25) is 14.5 Å². The van der Waals surface area contributed by atoms with Gasteiger partial charge in [0.05, 0.1) is 27.6 Å². The summed E-state index contributed by atoms with van der Waals surface area (Å²) in [6.07, 6.45) is 2.13. The first-order chi connectivity index (χ1) is 17.8. The minimum atomic E-state index is -4.01. The molecule has 0 radical (unpaired) electrons. The number of hydrogen-bond donors (Lipinski definition) is 1. The molecule has 0 spiro atoms. The first kappa shape index (κ1) is 25.4. The first-order valence-electron chi connectivity index (χ1n) is 12.4. The molecule has 0 aromatic heterocycles. The molecule has 0 unspecified atom stereocenters. The summed E-state index contributed by atoms with van der Waals surface area (Å²) in [5, 5.41) is 3.51. The standard InChI is InChI=1S/C28H28ClN3O4S/c1-2-31-14-6-9-22(31)17-30-27(33)20-12-13-26-24(16-20)32(18-19-7-5-8-21(29)15-19)28(34)23-10-3-4-11-25(23)37(26,35)36/h3-5,7-8,10-13,15-16,22H,2,6,9,14,17-18H2,1H3,(H,30,33)/t22-/m1/s1. The van der Waals surface area contributed by atoms with E-state index in [0.29, 0.717) is 17.1 Å². The van der Waals surface area contributed by atoms with Gasteiger partial charge in [0.15, 0.2) is 0 Å². The predicted octanol–water partition coefficient (Wildman–Crippen LogP) is 4.55. The van der Waals surface area contributed by atoms with Crippen molar-refractivity contribution in [3.63, 3.8) is 0 Å². The number of hydrogen-bond acceptors (Lipinski definition) is 5. The van der Waals surface area contributed by atoms with E-state index in [9.17, 15) is 18.0 Å². The van der Waals surface area contributed by atoms with Gasteiger partial charge in [0.1, 0.15) is 0 Å². The molecule has 7 nitrogen and oxygen atoms in total. The molecule has 2 heterocycles. The molecule has 3 aromatic carbocycles. The van der Waals surface area contributed by atoms with Gasteiger partial charge in [-0.1, -0.05) is 42.8 Å². The van der Waals surface area contributed by atoms with Crippen LogP contribution in [0.2, 0.25) is 5.02 Å². The number of carbonyl (C=O) groups excluding carboxylic acids is 2. The first-order valence-corrected chi connectivity index (χ1v) is 14.2. The van der Waals surface area contributed by atoms with Gasteiger partial charge >= 0.3 is 0 Å². The number of likely N-dealkylation sites (tertiary alicyclic amines) is 1. The van der Waals surface area contributed by atoms with Crippen LogP contribution in [0.3, 0.4) is 0 Å². The van der Waals surface area contributed by atoms with Crippen molar-refractivity contribution in [2.75, 3.05) is 24.5 Å². The topological polar surface area (TPSA) is 86.8 Å². The Balaban J connectivity index is 1.55. The van der Waals surface area contributed by atoms with Crippen LogP contribution in [0.1, 0.15) is 46.0 Å². The van der Waals surface area contributed by atoms with Crippen LogP contribution in [0.4, 0.5) is 5.69 Å². The Morgan fingerprint density at radius 1 is 1.05 bits per heavy atom. The fourth-order valence-corrected chi connectivity index (χ4v) is 7.02. The monoisotopic (exact) mass is 537 g/mol. The lowest BCUT2D eigenvalue weighted by molar-refractivity contribution is 0.0938. The summed E-state index contributed by atoms with van der Waals surface area (Å²) in [4.78, 5) is 30.6. The summed E-state index contributed by atoms with van der Waals surface area (Å²) in [5.74, 6) is -0.764. The lowest BCUT2D eigenvalue weighted by Gasteiger charge is -2.24. The van der Waals surface area contributed by atoms with Crippen molar-refractivity contribution in [1.29, 1.82) is 0 Å². The van der Waals surface area contributed by atoms with E-state index in [1.807, 2.05) is 6.07 Å². The van der Waals surface area contributed by atoms with E-state index in [0.717, 1.165) is 31.5 Å². The number of amides is 2. The van der Waals surface area contributed by atoms with E-state index in [4.69, 9.17) is 11.6 Å². The molecule has 1 saturated heterocycles. The van der Waals surface area contributed by atoms with Gasteiger partial charge in [-0.15, -0.1) is 0 Å². The van der Waals surface area contributed by atoms with Gasteiger partial charge < -0.3 is 10.2 Å². The Bertz CT molecular complexity index is 1470. The number of benzene rings is 3. The van der Waals surface area contributed by atoms with E-state index in [1.165, 1.54) is 35.2 Å². The maximum Gasteiger partial charge on any atom is 0.259 e. The highest BCUT2D eigenvalue weighted by Gasteiger charge is 2.36. The molecular formula is C28H28ClN3O4S. The van der Waals surface area contributed by atoms with Gasteiger partial charge in [0.2, 0.25) is 9.84 Å². The molecule has 0 bridgehead atoms. The highest BCUT2D eigenvalue weighted by atomic mass is 35.5. The van der Waals surface area contributed by atoms with Gasteiger partial charge in [0.25, 0.3) is 11.8 Å². The molecule has 0 aliphatic carbocycles. The minimum absolute atomic E-state index is 0.0164. The third-order valence-corrected chi connectivity index (χ3v) is 9.18. The van der Waals surface area contributed by atoms with E-state index < -0.39 is 15.7 Å². The smallest absolute Gasteiger partial charge is 0.259 e. The largest absolute Gasteiger partial charge is 0.350 e. The highest BCUT2D eigenvalue weighted by molar-refractivity contribution is 7.91. The third kappa shape index (κ3) is 4.89. The molecule has 9 heteroatoms. The molecule has 1 N–H and O–H groups in total. The Labute approximate surface area is 222 Å². The highest BCUT2D eigenvalue weighted by Crippen LogP contribution is 2.38. The second-order valence-electron chi connectivity index (χ2n) is 9.34. The molecule has 5 rings (SSSR count). The van der Waals surface area contributed by atoms with Crippen molar-refractivity contribution >= 4 is 38.9 Å². The number of sulfone groups is 1. The van der Waals surface area contributed by atoms with E-state index in [-0.39, 0.29) is 39.5 Å². The van der Waals surface area contributed by atoms with Crippen LogP contribution in [-0.4, -0.2) is 50.8 Å². The molecule has 2 aliphatic rings. The normalized spacial score (nSPS) is 18.7. The molecular weight excluding hydrogens is 510 g/mol. The van der Waals surface area contributed by atoms with Crippen LogP contribution < -0.4 is 10.2 Å². The minimum Gasteiger partial charge on any atom is -0.350 e. The van der Waals surface area contributed by atoms with Gasteiger partial charge in [-0.05, 0) is 74.0 Å². The van der Waals surface area contributed by atoms with Gasteiger partial charge in [-0.25, -0.2) is 8.42 Å². The van der Waals surface area contributed by atoms with Crippen LogP contribution in [0.15, 0.2) is 76.5 Å². The molecule has 2 aliphatic heterocycles. The van der Waals surface area contributed by atoms with Crippen molar-refractivity contribution in [2.24, 2.45) is 0 Å². The number of nitrogens with one attached hydrogen (secondary N) is 1. The molecule has 1 atom stereocenters. The maximum absolute atomic E-state index is 13.7. The van der Waals surface area contributed by atoms with E-state index in [1.54, 1.807) is 30.3 Å². The number of nitrogens with zero attached hydrogens (tertiary/aromatic N) is 2. The van der Waals surface area contributed by atoms with Crippen molar-refractivity contribution in [3.8, 4) is 0 Å². The van der Waals surface area contributed by atoms with Crippen LogP contribution in [0.5, 0.6) is 0 Å². The third-order valence-electron chi connectivity index (χ3n) is 7.09. The van der Waals surface area contributed by atoms with Crippen molar-refractivity contribution < 1.29 is 18.0 Å². The Hall–Kier alpha value is -3.20. The van der Waals surface area contributed by atoms with Crippen LogP contribution in [0.25, 0.3) is 0 Å². The van der Waals surface area contributed by atoms with Crippen LogP contribution in [0, 0.1) is 0 Å². The number of rotatable bonds is 6. The van der Waals surface area contributed by atoms with Crippen molar-refractivity contribution in [3.05, 3.63) is 88.4 Å². The van der Waals surface area contributed by atoms with Crippen LogP contribution >= 0.6 is 11.6 Å². The van der Waals surface area contributed by atoms with E-state index in [2.05, 4.69) is 17.1 Å². The van der Waals surface area contributed by atoms with Gasteiger partial charge in [-0.2, -0.15) is 0 Å². The molecule has 0 saturated carbocycles. The second-order valence-corrected chi connectivity index (χ2v) is 11.7. The summed E-state index contributed by atoms with van der Waals surface area (Å²) < 4.78 is 27.3. The summed E-state index contributed by atoms with van der Waals surface area (Å²) in [6, 6.07) is 18.0. The lowest BCUT2D eigenvalue weighted by Crippen LogP contribution is -2.40.